The van der Waals surface area contributed by atoms with Crippen LogP contribution in [0.15, 0.2) is 9.98 Å². The van der Waals surface area contributed by atoms with Crippen LogP contribution in [0.3, 0.4) is 0 Å². The second kappa shape index (κ2) is 5.43. The molecule has 0 aromatic carbocycles. The molecule has 0 aliphatic carbocycles. The monoisotopic (exact) mass is 201 g/mol. The van der Waals surface area contributed by atoms with Gasteiger partial charge in [0, 0.05) is 6.61 Å². The lowest BCUT2D eigenvalue weighted by Crippen LogP contribution is -2.31. The SMILES string of the molecule is CCOC(C)(C)CN=C(N)N=C(N)N. The van der Waals surface area contributed by atoms with Gasteiger partial charge in [-0.1, -0.05) is 0 Å². The summed E-state index contributed by atoms with van der Waals surface area (Å²) in [5, 5.41) is 0. The highest BCUT2D eigenvalue weighted by Crippen LogP contribution is 2.08. The van der Waals surface area contributed by atoms with Gasteiger partial charge >= 0.3 is 0 Å². The maximum atomic E-state index is 5.42. The molecule has 6 nitrogen and oxygen atoms in total. The Hall–Kier alpha value is -1.30. The van der Waals surface area contributed by atoms with Crippen molar-refractivity contribution in [2.75, 3.05) is 13.2 Å². The fourth-order valence-corrected chi connectivity index (χ4v) is 0.875. The van der Waals surface area contributed by atoms with Crippen LogP contribution in [0.1, 0.15) is 20.8 Å². The van der Waals surface area contributed by atoms with Gasteiger partial charge in [0.1, 0.15) is 0 Å². The molecular formula is C8H19N5O. The fourth-order valence-electron chi connectivity index (χ4n) is 0.875. The molecule has 6 N–H and O–H groups in total. The fraction of sp³-hybridized carbons (Fsp3) is 0.750. The van der Waals surface area contributed by atoms with E-state index in [0.717, 1.165) is 0 Å². The van der Waals surface area contributed by atoms with Crippen molar-refractivity contribution in [1.82, 2.24) is 0 Å². The highest BCUT2D eigenvalue weighted by molar-refractivity contribution is 5.92. The van der Waals surface area contributed by atoms with E-state index in [1.165, 1.54) is 0 Å². The first-order chi connectivity index (χ1) is 6.37. The molecule has 0 saturated heterocycles. The summed E-state index contributed by atoms with van der Waals surface area (Å²) in [4.78, 5) is 7.56. The molecule has 0 radical (unpaired) electrons. The Bertz CT molecular complexity index is 230. The van der Waals surface area contributed by atoms with E-state index < -0.39 is 0 Å². The van der Waals surface area contributed by atoms with E-state index in [9.17, 15) is 0 Å². The lowest BCUT2D eigenvalue weighted by Gasteiger charge is -2.21. The summed E-state index contributed by atoms with van der Waals surface area (Å²) in [5.74, 6) is -0.0294. The largest absolute Gasteiger partial charge is 0.374 e. The van der Waals surface area contributed by atoms with Crippen molar-refractivity contribution < 1.29 is 4.74 Å². The van der Waals surface area contributed by atoms with Crippen molar-refractivity contribution in [3.63, 3.8) is 0 Å². The molecular weight excluding hydrogens is 182 g/mol. The lowest BCUT2D eigenvalue weighted by atomic mass is 10.1. The zero-order valence-electron chi connectivity index (χ0n) is 8.95. The number of hydrogen-bond acceptors (Lipinski definition) is 2. The molecule has 0 aliphatic rings. The van der Waals surface area contributed by atoms with Crippen LogP contribution in [-0.4, -0.2) is 30.7 Å². The van der Waals surface area contributed by atoms with Crippen LogP contribution in [-0.2, 0) is 4.74 Å². The van der Waals surface area contributed by atoms with Gasteiger partial charge in [-0.2, -0.15) is 4.99 Å². The first kappa shape index (κ1) is 12.7. The molecule has 14 heavy (non-hydrogen) atoms. The number of aliphatic imine (C=N–C) groups is 2. The molecule has 0 aromatic rings. The Labute approximate surface area is 84.2 Å². The van der Waals surface area contributed by atoms with Gasteiger partial charge < -0.3 is 21.9 Å². The summed E-state index contributed by atoms with van der Waals surface area (Å²) in [6, 6.07) is 0. The Balaban J connectivity index is 4.20. The second-order valence-electron chi connectivity index (χ2n) is 3.40. The van der Waals surface area contributed by atoms with Crippen molar-refractivity contribution in [3.8, 4) is 0 Å². The van der Waals surface area contributed by atoms with Crippen molar-refractivity contribution in [3.05, 3.63) is 0 Å². The predicted octanol–water partition coefficient (Wildman–Crippen LogP) is -0.610. The third kappa shape index (κ3) is 6.24. The van der Waals surface area contributed by atoms with E-state index in [1.807, 2.05) is 20.8 Å². The Morgan fingerprint density at radius 1 is 1.29 bits per heavy atom. The van der Waals surface area contributed by atoms with Crippen LogP contribution in [0.2, 0.25) is 0 Å². The smallest absolute Gasteiger partial charge is 0.218 e. The number of nitrogens with zero attached hydrogens (tertiary/aromatic N) is 2. The Morgan fingerprint density at radius 2 is 1.86 bits per heavy atom. The first-order valence-electron chi connectivity index (χ1n) is 4.41. The van der Waals surface area contributed by atoms with Crippen LogP contribution >= 0.6 is 0 Å². The number of rotatable bonds is 4. The van der Waals surface area contributed by atoms with Crippen LogP contribution in [0.25, 0.3) is 0 Å². The second-order valence-corrected chi connectivity index (χ2v) is 3.40. The Kier molecular flexibility index (Phi) is 4.93. The maximum Gasteiger partial charge on any atom is 0.218 e. The molecule has 82 valence electrons. The quantitative estimate of drug-likeness (QED) is 0.416. The van der Waals surface area contributed by atoms with E-state index in [2.05, 4.69) is 9.98 Å². The van der Waals surface area contributed by atoms with E-state index in [4.69, 9.17) is 21.9 Å². The highest BCUT2D eigenvalue weighted by atomic mass is 16.5. The topological polar surface area (TPSA) is 112 Å². The van der Waals surface area contributed by atoms with Crippen LogP contribution in [0.5, 0.6) is 0 Å². The van der Waals surface area contributed by atoms with Gasteiger partial charge in [0.15, 0.2) is 5.96 Å². The van der Waals surface area contributed by atoms with Crippen molar-refractivity contribution in [1.29, 1.82) is 0 Å². The number of nitrogens with two attached hydrogens (primary N) is 3. The molecule has 0 saturated carbocycles. The van der Waals surface area contributed by atoms with Gasteiger partial charge in [0.05, 0.1) is 12.1 Å². The minimum absolute atomic E-state index is 0.0674. The lowest BCUT2D eigenvalue weighted by molar-refractivity contribution is -0.00212. The summed E-state index contributed by atoms with van der Waals surface area (Å²) >= 11 is 0. The minimum Gasteiger partial charge on any atom is -0.374 e. The van der Waals surface area contributed by atoms with Gasteiger partial charge in [0.25, 0.3) is 0 Å². The van der Waals surface area contributed by atoms with Crippen molar-refractivity contribution >= 4 is 11.9 Å². The minimum atomic E-state index is -0.349. The molecule has 0 aromatic heterocycles. The van der Waals surface area contributed by atoms with Crippen LogP contribution < -0.4 is 17.2 Å². The van der Waals surface area contributed by atoms with Crippen LogP contribution in [0, 0.1) is 0 Å². The summed E-state index contributed by atoms with van der Waals surface area (Å²) in [7, 11) is 0. The Morgan fingerprint density at radius 3 is 2.29 bits per heavy atom. The average molecular weight is 201 g/mol. The zero-order valence-corrected chi connectivity index (χ0v) is 8.95. The van der Waals surface area contributed by atoms with Gasteiger partial charge in [-0.25, -0.2) is 4.99 Å². The van der Waals surface area contributed by atoms with E-state index in [-0.39, 0.29) is 17.5 Å². The summed E-state index contributed by atoms with van der Waals surface area (Å²) < 4.78 is 5.41. The molecule has 0 heterocycles. The third-order valence-corrected chi connectivity index (χ3v) is 1.40. The molecule has 0 bridgehead atoms. The van der Waals surface area contributed by atoms with E-state index in [0.29, 0.717) is 13.2 Å². The number of ether oxygens (including phenoxy) is 1. The normalized spacial score (nSPS) is 12.6. The molecule has 6 heteroatoms. The van der Waals surface area contributed by atoms with Gasteiger partial charge in [-0.3, -0.25) is 0 Å². The van der Waals surface area contributed by atoms with E-state index in [1.54, 1.807) is 0 Å². The van der Waals surface area contributed by atoms with Crippen LogP contribution in [0.4, 0.5) is 0 Å². The molecule has 0 aliphatic heterocycles. The summed E-state index contributed by atoms with van der Waals surface area (Å²) in [6.07, 6.45) is 0. The zero-order chi connectivity index (χ0) is 11.2. The first-order valence-corrected chi connectivity index (χ1v) is 4.41. The maximum absolute atomic E-state index is 5.42. The van der Waals surface area contributed by atoms with Crippen molar-refractivity contribution in [2.45, 2.75) is 26.4 Å². The molecule has 0 fully saturated rings. The standard InChI is InChI=1S/C8H19N5O/c1-4-14-8(2,3)5-12-7(11)13-6(9)10/h4-5H2,1-3H3,(H6,9,10,11,12,13). The van der Waals surface area contributed by atoms with E-state index >= 15 is 0 Å². The molecule has 0 atom stereocenters. The average Bonchev–Trinajstić information content (AvgIpc) is 2.00. The van der Waals surface area contributed by atoms with Crippen molar-refractivity contribution in [2.24, 2.45) is 27.2 Å². The molecule has 0 rings (SSSR count). The summed E-state index contributed by atoms with van der Waals surface area (Å²) in [6.45, 7) is 6.81. The molecule has 0 unspecified atom stereocenters. The summed E-state index contributed by atoms with van der Waals surface area (Å²) in [5.41, 5.74) is 15.3. The third-order valence-electron chi connectivity index (χ3n) is 1.40. The predicted molar refractivity (Wildman–Crippen MR) is 58.0 cm³/mol. The van der Waals surface area contributed by atoms with Gasteiger partial charge in [-0.15, -0.1) is 0 Å². The highest BCUT2D eigenvalue weighted by Gasteiger charge is 2.16. The van der Waals surface area contributed by atoms with Gasteiger partial charge in [-0.05, 0) is 20.8 Å². The molecule has 0 spiro atoms. The number of hydrogen-bond donors (Lipinski definition) is 3. The molecule has 0 amide bonds. The van der Waals surface area contributed by atoms with Gasteiger partial charge in [0.2, 0.25) is 5.96 Å². The number of guanidine groups is 2.